The van der Waals surface area contributed by atoms with Gasteiger partial charge < -0.3 is 19.8 Å². The standard InChI is InChI=1S/C8H12O4.C4H6O4/c1-4-10-7(9)6-5-11-12-8(6,2)3;5-3(6)1-2-4(7)8/h5H,4H2,1-3H3;1-2H2,(H,5,6)(H,7,8). The molecule has 0 bridgehead atoms. The van der Waals surface area contributed by atoms with Crippen LogP contribution in [0.25, 0.3) is 0 Å². The minimum Gasteiger partial charge on any atom is -0.481 e. The highest BCUT2D eigenvalue weighted by molar-refractivity contribution is 5.90. The van der Waals surface area contributed by atoms with Crippen molar-refractivity contribution in [1.82, 2.24) is 0 Å². The van der Waals surface area contributed by atoms with Crippen molar-refractivity contribution in [3.05, 3.63) is 11.8 Å². The maximum Gasteiger partial charge on any atom is 0.340 e. The third-order valence-electron chi connectivity index (χ3n) is 2.12. The van der Waals surface area contributed by atoms with Gasteiger partial charge in [-0.2, -0.15) is 4.89 Å². The molecule has 0 unspecified atom stereocenters. The lowest BCUT2D eigenvalue weighted by atomic mass is 10.0. The van der Waals surface area contributed by atoms with E-state index in [0.717, 1.165) is 0 Å². The SMILES string of the molecule is CCOC(=O)C1=COOC1(C)C.O=C(O)CCC(=O)O. The minimum absolute atomic E-state index is 0.296. The Morgan fingerprint density at radius 3 is 2.00 bits per heavy atom. The van der Waals surface area contributed by atoms with Crippen LogP contribution in [0, 0.1) is 0 Å². The molecule has 1 aliphatic heterocycles. The monoisotopic (exact) mass is 290 g/mol. The topological polar surface area (TPSA) is 119 Å². The van der Waals surface area contributed by atoms with E-state index in [1.807, 2.05) is 0 Å². The van der Waals surface area contributed by atoms with Gasteiger partial charge in [-0.05, 0) is 20.8 Å². The highest BCUT2D eigenvalue weighted by Gasteiger charge is 2.37. The molecule has 1 rings (SSSR count). The third kappa shape index (κ3) is 6.74. The Kier molecular flexibility index (Phi) is 7.30. The number of carboxylic acid groups (broad SMARTS) is 2. The Bertz CT molecular complexity index is 382. The summed E-state index contributed by atoms with van der Waals surface area (Å²) in [7, 11) is 0. The second-order valence-corrected chi connectivity index (χ2v) is 4.23. The van der Waals surface area contributed by atoms with Crippen LogP contribution in [0.2, 0.25) is 0 Å². The molecule has 0 fully saturated rings. The van der Waals surface area contributed by atoms with Gasteiger partial charge in [0.2, 0.25) is 0 Å². The van der Waals surface area contributed by atoms with Gasteiger partial charge in [0.05, 0.1) is 19.4 Å². The predicted octanol–water partition coefficient (Wildman–Crippen LogP) is 1.11. The summed E-state index contributed by atoms with van der Waals surface area (Å²) in [6, 6.07) is 0. The highest BCUT2D eigenvalue weighted by Crippen LogP contribution is 2.27. The molecule has 20 heavy (non-hydrogen) atoms. The second-order valence-electron chi connectivity index (χ2n) is 4.23. The van der Waals surface area contributed by atoms with Crippen molar-refractivity contribution in [2.75, 3.05) is 6.61 Å². The van der Waals surface area contributed by atoms with E-state index in [4.69, 9.17) is 19.8 Å². The quantitative estimate of drug-likeness (QED) is 0.570. The number of hydrogen-bond donors (Lipinski definition) is 2. The van der Waals surface area contributed by atoms with Crippen LogP contribution in [0.3, 0.4) is 0 Å². The summed E-state index contributed by atoms with van der Waals surface area (Å²) in [5, 5.41) is 15.8. The molecule has 0 aromatic carbocycles. The number of ether oxygens (including phenoxy) is 1. The van der Waals surface area contributed by atoms with Crippen LogP contribution >= 0.6 is 0 Å². The van der Waals surface area contributed by atoms with Gasteiger partial charge in [0.1, 0.15) is 17.4 Å². The summed E-state index contributed by atoms with van der Waals surface area (Å²) in [4.78, 5) is 39.9. The average Bonchev–Trinajstić information content (AvgIpc) is 2.67. The number of esters is 1. The van der Waals surface area contributed by atoms with Crippen molar-refractivity contribution in [2.45, 2.75) is 39.2 Å². The molecule has 0 atom stereocenters. The lowest BCUT2D eigenvalue weighted by Crippen LogP contribution is -2.27. The molecule has 0 aliphatic carbocycles. The summed E-state index contributed by atoms with van der Waals surface area (Å²) >= 11 is 0. The van der Waals surface area contributed by atoms with E-state index in [9.17, 15) is 14.4 Å². The van der Waals surface area contributed by atoms with E-state index in [-0.39, 0.29) is 18.8 Å². The van der Waals surface area contributed by atoms with Crippen LogP contribution in [0.15, 0.2) is 11.8 Å². The minimum atomic E-state index is -1.08. The zero-order chi connectivity index (χ0) is 15.8. The molecule has 8 heteroatoms. The molecule has 2 N–H and O–H groups in total. The summed E-state index contributed by atoms with van der Waals surface area (Å²) in [5.74, 6) is -2.54. The van der Waals surface area contributed by atoms with Gasteiger partial charge in [-0.25, -0.2) is 4.79 Å². The highest BCUT2D eigenvalue weighted by atomic mass is 17.2. The van der Waals surface area contributed by atoms with Gasteiger partial charge >= 0.3 is 17.9 Å². The first-order chi connectivity index (χ1) is 9.20. The number of rotatable bonds is 5. The smallest absolute Gasteiger partial charge is 0.340 e. The first-order valence-corrected chi connectivity index (χ1v) is 5.86. The Hall–Kier alpha value is -2.09. The maximum absolute atomic E-state index is 11.2. The molecular weight excluding hydrogens is 272 g/mol. The molecule has 0 saturated carbocycles. The number of carboxylic acids is 2. The molecule has 0 aromatic rings. The molecule has 0 amide bonds. The van der Waals surface area contributed by atoms with Gasteiger partial charge in [0.15, 0.2) is 0 Å². The van der Waals surface area contributed by atoms with E-state index in [0.29, 0.717) is 12.2 Å². The number of carbonyl (C=O) groups is 3. The van der Waals surface area contributed by atoms with Crippen LogP contribution in [0.1, 0.15) is 33.6 Å². The van der Waals surface area contributed by atoms with Crippen molar-refractivity contribution in [2.24, 2.45) is 0 Å². The zero-order valence-electron chi connectivity index (χ0n) is 11.5. The molecule has 1 heterocycles. The Morgan fingerprint density at radius 2 is 1.70 bits per heavy atom. The van der Waals surface area contributed by atoms with Crippen molar-refractivity contribution in [1.29, 1.82) is 0 Å². The van der Waals surface area contributed by atoms with E-state index in [1.54, 1.807) is 20.8 Å². The van der Waals surface area contributed by atoms with E-state index >= 15 is 0 Å². The summed E-state index contributed by atoms with van der Waals surface area (Å²) in [6.45, 7) is 5.58. The molecular formula is C12H18O8. The van der Waals surface area contributed by atoms with E-state index in [1.165, 1.54) is 6.26 Å². The Labute approximate surface area is 115 Å². The molecule has 0 spiro atoms. The van der Waals surface area contributed by atoms with Crippen LogP contribution in [-0.4, -0.2) is 40.3 Å². The van der Waals surface area contributed by atoms with Gasteiger partial charge in [-0.3, -0.25) is 9.59 Å². The maximum atomic E-state index is 11.2. The fourth-order valence-electron chi connectivity index (χ4n) is 1.10. The third-order valence-corrected chi connectivity index (χ3v) is 2.12. The van der Waals surface area contributed by atoms with E-state index in [2.05, 4.69) is 4.89 Å². The molecule has 0 aromatic heterocycles. The van der Waals surface area contributed by atoms with Gasteiger partial charge in [-0.1, -0.05) is 0 Å². The average molecular weight is 290 g/mol. The second kappa shape index (κ2) is 8.16. The fourth-order valence-corrected chi connectivity index (χ4v) is 1.10. The summed E-state index contributed by atoms with van der Waals surface area (Å²) in [6.07, 6.45) is 0.683. The Balaban J connectivity index is 0.000000396. The van der Waals surface area contributed by atoms with Crippen molar-refractivity contribution in [3.63, 3.8) is 0 Å². The summed E-state index contributed by atoms with van der Waals surface area (Å²) < 4.78 is 4.79. The number of carbonyl (C=O) groups excluding carboxylic acids is 1. The summed E-state index contributed by atoms with van der Waals surface area (Å²) in [5.41, 5.74) is -0.295. The van der Waals surface area contributed by atoms with Crippen molar-refractivity contribution < 1.29 is 39.1 Å². The normalized spacial score (nSPS) is 15.2. The first kappa shape index (κ1) is 17.9. The predicted molar refractivity (Wildman–Crippen MR) is 65.5 cm³/mol. The molecule has 0 saturated heterocycles. The lowest BCUT2D eigenvalue weighted by molar-refractivity contribution is -0.281. The largest absolute Gasteiger partial charge is 0.481 e. The molecule has 1 aliphatic rings. The molecule has 0 radical (unpaired) electrons. The van der Waals surface area contributed by atoms with Gasteiger partial charge in [0, 0.05) is 0 Å². The number of aliphatic carboxylic acids is 2. The van der Waals surface area contributed by atoms with Crippen molar-refractivity contribution >= 4 is 17.9 Å². The van der Waals surface area contributed by atoms with Gasteiger partial charge in [-0.15, -0.1) is 0 Å². The van der Waals surface area contributed by atoms with Crippen LogP contribution in [0.5, 0.6) is 0 Å². The number of hydrogen-bond acceptors (Lipinski definition) is 6. The van der Waals surface area contributed by atoms with Crippen LogP contribution < -0.4 is 0 Å². The first-order valence-electron chi connectivity index (χ1n) is 5.86. The molecule has 8 nitrogen and oxygen atoms in total. The Morgan fingerprint density at radius 1 is 1.20 bits per heavy atom. The van der Waals surface area contributed by atoms with Crippen LogP contribution in [0.4, 0.5) is 0 Å². The molecule has 114 valence electrons. The zero-order valence-corrected chi connectivity index (χ0v) is 11.5. The van der Waals surface area contributed by atoms with Gasteiger partial charge in [0.25, 0.3) is 0 Å². The van der Waals surface area contributed by atoms with Crippen LogP contribution in [-0.2, 0) is 28.9 Å². The fraction of sp³-hybridized carbons (Fsp3) is 0.583. The van der Waals surface area contributed by atoms with E-state index < -0.39 is 17.5 Å². The van der Waals surface area contributed by atoms with Crippen molar-refractivity contribution in [3.8, 4) is 0 Å². The lowest BCUT2D eigenvalue weighted by Gasteiger charge is -2.15.